The lowest BCUT2D eigenvalue weighted by molar-refractivity contribution is -0.152. The first kappa shape index (κ1) is 33.4. The number of nitrogen functional groups attached to an aromatic ring is 1. The zero-order valence-corrected chi connectivity index (χ0v) is 26.4. The number of hydrogen-bond donors (Lipinski definition) is 3. The number of carbonyl (C=O) groups excluding carboxylic acids is 2. The van der Waals surface area contributed by atoms with Crippen molar-refractivity contribution in [2.75, 3.05) is 10.5 Å². The zero-order chi connectivity index (χ0) is 33.6. The molecule has 1 fully saturated rings. The molecule has 1 atom stereocenters. The van der Waals surface area contributed by atoms with E-state index in [1.165, 1.54) is 24.4 Å². The van der Waals surface area contributed by atoms with E-state index in [0.717, 1.165) is 19.3 Å². The van der Waals surface area contributed by atoms with E-state index in [0.29, 0.717) is 53.9 Å². The maximum absolute atomic E-state index is 15.2. The molecule has 47 heavy (non-hydrogen) atoms. The summed E-state index contributed by atoms with van der Waals surface area (Å²) >= 11 is 0. The molecule has 0 aliphatic heterocycles. The number of halogens is 2. The highest BCUT2D eigenvalue weighted by Gasteiger charge is 2.29. The molecular weight excluding hydrogens is 630 g/mol. The SMILES string of the molecule is CCc1ncc(-c2ccc(S(=O)(=O)Nc3cc(F)c(C(=O)N[C@@H](Cc4ccc(N)nc4)C(=O)OC4CCCCC4)cc3F)cc2)cn1. The van der Waals surface area contributed by atoms with Crippen LogP contribution in [0, 0.1) is 11.6 Å². The lowest BCUT2D eigenvalue weighted by atomic mass is 9.97. The second-order valence-electron chi connectivity index (χ2n) is 11.2. The number of anilines is 2. The number of amides is 1. The molecule has 246 valence electrons. The maximum Gasteiger partial charge on any atom is 0.329 e. The molecule has 2 aromatic carbocycles. The minimum Gasteiger partial charge on any atom is -0.461 e. The summed E-state index contributed by atoms with van der Waals surface area (Å²) in [6.07, 6.45) is 9.26. The smallest absolute Gasteiger partial charge is 0.329 e. The highest BCUT2D eigenvalue weighted by atomic mass is 32.2. The molecule has 11 nitrogen and oxygen atoms in total. The van der Waals surface area contributed by atoms with Crippen molar-refractivity contribution < 1.29 is 31.5 Å². The number of hydrogen-bond acceptors (Lipinski definition) is 9. The van der Waals surface area contributed by atoms with Crippen molar-refractivity contribution >= 4 is 33.4 Å². The van der Waals surface area contributed by atoms with Crippen molar-refractivity contribution in [1.82, 2.24) is 20.3 Å². The van der Waals surface area contributed by atoms with Gasteiger partial charge in [-0.3, -0.25) is 9.52 Å². The summed E-state index contributed by atoms with van der Waals surface area (Å²) in [5, 5.41) is 2.45. The third-order valence-corrected chi connectivity index (χ3v) is 9.16. The molecule has 2 aromatic heterocycles. The fourth-order valence-corrected chi connectivity index (χ4v) is 6.22. The second-order valence-corrected chi connectivity index (χ2v) is 12.9. The number of pyridine rings is 1. The van der Waals surface area contributed by atoms with E-state index in [4.69, 9.17) is 10.5 Å². The van der Waals surface area contributed by atoms with E-state index in [9.17, 15) is 18.0 Å². The Kier molecular flexibility index (Phi) is 10.4. The van der Waals surface area contributed by atoms with Gasteiger partial charge in [-0.05, 0) is 61.1 Å². The standard InChI is InChI=1S/C33H34F2N6O5S/c1-2-31-38-18-22(19-39-31)21-9-11-24(12-10-21)47(44,45)41-28-16-26(34)25(15-27(28)35)32(42)40-29(14-20-8-13-30(36)37-17-20)33(43)46-23-6-4-3-5-7-23/h8-13,15-19,23,29,41H,2-7,14H2,1H3,(H2,36,37)(H,40,42)/t29-/m0/s1. The molecule has 1 aliphatic rings. The van der Waals surface area contributed by atoms with Crippen LogP contribution in [0.2, 0.25) is 0 Å². The first-order valence-corrected chi connectivity index (χ1v) is 16.7. The molecule has 14 heteroatoms. The molecule has 0 unspecified atom stereocenters. The van der Waals surface area contributed by atoms with Crippen molar-refractivity contribution in [1.29, 1.82) is 0 Å². The summed E-state index contributed by atoms with van der Waals surface area (Å²) in [5.41, 5.74) is 6.12. The number of sulfonamides is 1. The minimum absolute atomic E-state index is 0.0393. The van der Waals surface area contributed by atoms with Crippen LogP contribution in [0.3, 0.4) is 0 Å². The molecule has 0 radical (unpaired) electrons. The highest BCUT2D eigenvalue weighted by Crippen LogP contribution is 2.26. The quantitative estimate of drug-likeness (QED) is 0.188. The lowest BCUT2D eigenvalue weighted by Crippen LogP contribution is -2.45. The summed E-state index contributed by atoms with van der Waals surface area (Å²) in [4.78, 5) is 38.6. The molecule has 4 N–H and O–H groups in total. The summed E-state index contributed by atoms with van der Waals surface area (Å²) in [7, 11) is -4.34. The Morgan fingerprint density at radius 1 is 0.936 bits per heavy atom. The summed E-state index contributed by atoms with van der Waals surface area (Å²) in [5.74, 6) is -3.28. The van der Waals surface area contributed by atoms with Crippen molar-refractivity contribution in [2.24, 2.45) is 0 Å². The highest BCUT2D eigenvalue weighted by molar-refractivity contribution is 7.92. The number of benzene rings is 2. The van der Waals surface area contributed by atoms with Gasteiger partial charge >= 0.3 is 5.97 Å². The topological polar surface area (TPSA) is 166 Å². The fourth-order valence-electron chi connectivity index (χ4n) is 5.17. The molecule has 0 spiro atoms. The first-order valence-electron chi connectivity index (χ1n) is 15.2. The van der Waals surface area contributed by atoms with Gasteiger partial charge in [-0.2, -0.15) is 0 Å². The Labute approximate surface area is 271 Å². The Hall–Kier alpha value is -4.98. The van der Waals surface area contributed by atoms with Gasteiger partial charge in [0.05, 0.1) is 16.1 Å². The molecule has 1 amide bonds. The summed E-state index contributed by atoms with van der Waals surface area (Å²) < 4.78 is 64.1. The largest absolute Gasteiger partial charge is 0.461 e. The van der Waals surface area contributed by atoms with E-state index in [2.05, 4.69) is 20.3 Å². The number of rotatable bonds is 11. The van der Waals surface area contributed by atoms with Gasteiger partial charge in [0, 0.05) is 43.1 Å². The van der Waals surface area contributed by atoms with Crippen LogP contribution in [0.4, 0.5) is 20.3 Å². The van der Waals surface area contributed by atoms with Crippen LogP contribution in [0.25, 0.3) is 11.1 Å². The maximum atomic E-state index is 15.2. The van der Waals surface area contributed by atoms with Crippen molar-refractivity contribution in [3.8, 4) is 11.1 Å². The van der Waals surface area contributed by atoms with Crippen molar-refractivity contribution in [3.05, 3.63) is 95.7 Å². The average molecular weight is 665 g/mol. The number of carbonyl (C=O) groups is 2. The third kappa shape index (κ3) is 8.44. The predicted octanol–water partition coefficient (Wildman–Crippen LogP) is 4.98. The monoisotopic (exact) mass is 664 g/mol. The summed E-state index contributed by atoms with van der Waals surface area (Å²) in [6.45, 7) is 1.92. The Bertz CT molecular complexity index is 1830. The van der Waals surface area contributed by atoms with Crippen LogP contribution in [0.1, 0.15) is 60.8 Å². The molecule has 0 saturated heterocycles. The van der Waals surface area contributed by atoms with Gasteiger partial charge in [-0.1, -0.05) is 31.5 Å². The van der Waals surface area contributed by atoms with Gasteiger partial charge in [0.1, 0.15) is 35.4 Å². The molecule has 1 saturated carbocycles. The van der Waals surface area contributed by atoms with E-state index in [1.54, 1.807) is 30.6 Å². The van der Waals surface area contributed by atoms with Gasteiger partial charge < -0.3 is 15.8 Å². The van der Waals surface area contributed by atoms with Crippen LogP contribution in [-0.2, 0) is 32.4 Å². The number of aryl methyl sites for hydroxylation is 1. The number of nitrogens with one attached hydrogen (secondary N) is 2. The number of aromatic nitrogens is 3. The Morgan fingerprint density at radius 3 is 2.28 bits per heavy atom. The van der Waals surface area contributed by atoms with Crippen LogP contribution in [0.5, 0.6) is 0 Å². The Balaban J connectivity index is 1.31. The molecule has 2 heterocycles. The fraction of sp³-hybridized carbons (Fsp3) is 0.303. The molecule has 1 aliphatic carbocycles. The van der Waals surface area contributed by atoms with Gasteiger partial charge in [-0.25, -0.2) is 36.9 Å². The zero-order valence-electron chi connectivity index (χ0n) is 25.6. The number of nitrogens with zero attached hydrogens (tertiary/aromatic N) is 3. The van der Waals surface area contributed by atoms with Crippen LogP contribution in [0.15, 0.2) is 72.0 Å². The molecule has 0 bridgehead atoms. The van der Waals surface area contributed by atoms with Crippen molar-refractivity contribution in [3.63, 3.8) is 0 Å². The third-order valence-electron chi connectivity index (χ3n) is 7.78. The Morgan fingerprint density at radius 2 is 1.64 bits per heavy atom. The van der Waals surface area contributed by atoms with Gasteiger partial charge in [0.2, 0.25) is 0 Å². The van der Waals surface area contributed by atoms with Crippen molar-refractivity contribution in [2.45, 2.75) is 68.9 Å². The molecular formula is C33H34F2N6O5S. The van der Waals surface area contributed by atoms with Gasteiger partial charge in [0.15, 0.2) is 0 Å². The number of ether oxygens (including phenoxy) is 1. The second kappa shape index (κ2) is 14.6. The van der Waals surface area contributed by atoms with E-state index >= 15 is 8.78 Å². The predicted molar refractivity (Wildman–Crippen MR) is 171 cm³/mol. The van der Waals surface area contributed by atoms with Crippen LogP contribution >= 0.6 is 0 Å². The average Bonchev–Trinajstić information content (AvgIpc) is 3.07. The number of esters is 1. The normalized spacial score (nSPS) is 14.3. The van der Waals surface area contributed by atoms with E-state index in [-0.39, 0.29) is 23.2 Å². The lowest BCUT2D eigenvalue weighted by Gasteiger charge is -2.25. The van der Waals surface area contributed by atoms with E-state index < -0.39 is 50.8 Å². The summed E-state index contributed by atoms with van der Waals surface area (Å²) in [6, 6.07) is 8.76. The number of nitrogens with two attached hydrogens (primary N) is 1. The first-order chi connectivity index (χ1) is 22.5. The van der Waals surface area contributed by atoms with Crippen LogP contribution < -0.4 is 15.8 Å². The van der Waals surface area contributed by atoms with Gasteiger partial charge in [0.25, 0.3) is 15.9 Å². The molecule has 5 rings (SSSR count). The molecule has 4 aromatic rings. The van der Waals surface area contributed by atoms with E-state index in [1.807, 2.05) is 11.6 Å². The minimum atomic E-state index is -4.34. The van der Waals surface area contributed by atoms with Crippen LogP contribution in [-0.4, -0.2) is 47.4 Å². The van der Waals surface area contributed by atoms with Gasteiger partial charge in [-0.15, -0.1) is 0 Å².